The smallest absolute Gasteiger partial charge is 0.123 e. The van der Waals surface area contributed by atoms with Gasteiger partial charge in [-0.2, -0.15) is 0 Å². The van der Waals surface area contributed by atoms with Gasteiger partial charge in [-0.05, 0) is 50.1 Å². The summed E-state index contributed by atoms with van der Waals surface area (Å²) in [6.45, 7) is 6.54. The highest BCUT2D eigenvalue weighted by Gasteiger charge is 2.17. The Morgan fingerprint density at radius 3 is 3.10 bits per heavy atom. The summed E-state index contributed by atoms with van der Waals surface area (Å²) in [6, 6.07) is 7.08. The Hall–Kier alpha value is -1.39. The SMILES string of the molecule is CCCNC(C)c1csc(-c2ccc3c(c2)CCN3C)n1. The molecule has 2 heterocycles. The van der Waals surface area contributed by atoms with E-state index in [0.717, 1.165) is 36.6 Å². The Kier molecular flexibility index (Phi) is 4.27. The molecule has 1 atom stereocenters. The van der Waals surface area contributed by atoms with E-state index in [4.69, 9.17) is 4.98 Å². The van der Waals surface area contributed by atoms with E-state index in [9.17, 15) is 0 Å². The lowest BCUT2D eigenvalue weighted by Gasteiger charge is -2.11. The molecule has 1 N–H and O–H groups in total. The minimum absolute atomic E-state index is 0.329. The molecule has 112 valence electrons. The molecule has 1 unspecified atom stereocenters. The zero-order valence-electron chi connectivity index (χ0n) is 13.0. The molecule has 4 heteroatoms. The monoisotopic (exact) mass is 301 g/mol. The van der Waals surface area contributed by atoms with Gasteiger partial charge in [0.15, 0.2) is 0 Å². The van der Waals surface area contributed by atoms with Crippen LogP contribution in [0.4, 0.5) is 5.69 Å². The van der Waals surface area contributed by atoms with Gasteiger partial charge in [-0.15, -0.1) is 11.3 Å². The quantitative estimate of drug-likeness (QED) is 0.909. The number of likely N-dealkylation sites (N-methyl/N-ethyl adjacent to an activating group) is 1. The van der Waals surface area contributed by atoms with Crippen LogP contribution in [0.15, 0.2) is 23.6 Å². The Bertz CT molecular complexity index is 620. The number of anilines is 1. The first-order chi connectivity index (χ1) is 10.2. The number of nitrogens with zero attached hydrogens (tertiary/aromatic N) is 2. The molecule has 1 aliphatic rings. The second-order valence-electron chi connectivity index (χ2n) is 5.77. The molecule has 1 aromatic heterocycles. The molecule has 0 saturated heterocycles. The Balaban J connectivity index is 1.80. The van der Waals surface area contributed by atoms with Crippen molar-refractivity contribution in [1.29, 1.82) is 0 Å². The number of thiazole rings is 1. The van der Waals surface area contributed by atoms with E-state index in [1.54, 1.807) is 11.3 Å². The highest BCUT2D eigenvalue weighted by atomic mass is 32.1. The average molecular weight is 301 g/mol. The maximum atomic E-state index is 4.82. The van der Waals surface area contributed by atoms with Crippen molar-refractivity contribution in [3.05, 3.63) is 34.8 Å². The third-order valence-corrected chi connectivity index (χ3v) is 5.03. The average Bonchev–Trinajstić information content (AvgIpc) is 3.12. The second kappa shape index (κ2) is 6.16. The van der Waals surface area contributed by atoms with E-state index < -0.39 is 0 Å². The summed E-state index contributed by atoms with van der Waals surface area (Å²) < 4.78 is 0. The maximum Gasteiger partial charge on any atom is 0.123 e. The van der Waals surface area contributed by atoms with Gasteiger partial charge >= 0.3 is 0 Å². The van der Waals surface area contributed by atoms with Crippen molar-refractivity contribution in [2.24, 2.45) is 0 Å². The van der Waals surface area contributed by atoms with E-state index in [1.165, 1.54) is 16.8 Å². The van der Waals surface area contributed by atoms with Crippen molar-refractivity contribution < 1.29 is 0 Å². The molecular formula is C17H23N3S. The third-order valence-electron chi connectivity index (χ3n) is 4.12. The van der Waals surface area contributed by atoms with Gasteiger partial charge in [0.05, 0.1) is 5.69 Å². The van der Waals surface area contributed by atoms with Gasteiger partial charge in [-0.3, -0.25) is 0 Å². The third kappa shape index (κ3) is 2.97. The van der Waals surface area contributed by atoms with Crippen LogP contribution in [0, 0.1) is 0 Å². The van der Waals surface area contributed by atoms with Crippen molar-refractivity contribution in [2.75, 3.05) is 25.0 Å². The molecular weight excluding hydrogens is 278 g/mol. The van der Waals surface area contributed by atoms with Crippen LogP contribution in [0.1, 0.15) is 37.6 Å². The van der Waals surface area contributed by atoms with Gasteiger partial charge in [-0.1, -0.05) is 6.92 Å². The van der Waals surface area contributed by atoms with Crippen LogP contribution in [-0.4, -0.2) is 25.1 Å². The van der Waals surface area contributed by atoms with Gasteiger partial charge in [-0.25, -0.2) is 4.98 Å². The predicted octanol–water partition coefficient (Wildman–Crippen LogP) is 3.86. The van der Waals surface area contributed by atoms with Gasteiger partial charge in [0, 0.05) is 36.3 Å². The largest absolute Gasteiger partial charge is 0.374 e. The molecule has 1 aliphatic heterocycles. The van der Waals surface area contributed by atoms with E-state index >= 15 is 0 Å². The molecule has 0 saturated carbocycles. The van der Waals surface area contributed by atoms with Gasteiger partial charge in [0.25, 0.3) is 0 Å². The molecule has 3 rings (SSSR count). The number of rotatable bonds is 5. The molecule has 0 spiro atoms. The number of hydrogen-bond acceptors (Lipinski definition) is 4. The standard InChI is InChI=1S/C17H23N3S/c1-4-8-18-12(2)15-11-21-17(19-15)14-5-6-16-13(10-14)7-9-20(16)3/h5-6,10-12,18H,4,7-9H2,1-3H3. The first kappa shape index (κ1) is 14.5. The molecule has 3 nitrogen and oxygen atoms in total. The summed E-state index contributed by atoms with van der Waals surface area (Å²) >= 11 is 1.75. The van der Waals surface area contributed by atoms with E-state index in [-0.39, 0.29) is 0 Å². The Morgan fingerprint density at radius 1 is 1.43 bits per heavy atom. The summed E-state index contributed by atoms with van der Waals surface area (Å²) in [5.74, 6) is 0. The lowest BCUT2D eigenvalue weighted by molar-refractivity contribution is 0.561. The Morgan fingerprint density at radius 2 is 2.29 bits per heavy atom. The summed E-state index contributed by atoms with van der Waals surface area (Å²) in [4.78, 5) is 7.14. The van der Waals surface area contributed by atoms with Crippen molar-refractivity contribution in [1.82, 2.24) is 10.3 Å². The molecule has 2 aromatic rings. The molecule has 1 aromatic carbocycles. The van der Waals surface area contributed by atoms with E-state index in [2.05, 4.69) is 54.7 Å². The van der Waals surface area contributed by atoms with Gasteiger partial charge in [0.2, 0.25) is 0 Å². The number of hydrogen-bond donors (Lipinski definition) is 1. The van der Waals surface area contributed by atoms with Gasteiger partial charge < -0.3 is 10.2 Å². The molecule has 0 fully saturated rings. The fourth-order valence-electron chi connectivity index (χ4n) is 2.78. The molecule has 21 heavy (non-hydrogen) atoms. The maximum absolute atomic E-state index is 4.82. The van der Waals surface area contributed by atoms with Crippen LogP contribution >= 0.6 is 11.3 Å². The zero-order valence-corrected chi connectivity index (χ0v) is 13.8. The number of aromatic nitrogens is 1. The topological polar surface area (TPSA) is 28.2 Å². The first-order valence-corrected chi connectivity index (χ1v) is 8.60. The predicted molar refractivity (Wildman–Crippen MR) is 91.2 cm³/mol. The molecule has 0 bridgehead atoms. The Labute approximate surface area is 131 Å². The minimum Gasteiger partial charge on any atom is -0.374 e. The van der Waals surface area contributed by atoms with Crippen LogP contribution in [0.3, 0.4) is 0 Å². The van der Waals surface area contributed by atoms with Crippen molar-refractivity contribution in [3.8, 4) is 10.6 Å². The lowest BCUT2D eigenvalue weighted by atomic mass is 10.1. The van der Waals surface area contributed by atoms with Crippen molar-refractivity contribution in [3.63, 3.8) is 0 Å². The summed E-state index contributed by atoms with van der Waals surface area (Å²) in [5, 5.41) is 6.81. The number of benzene rings is 1. The van der Waals surface area contributed by atoms with Crippen molar-refractivity contribution in [2.45, 2.75) is 32.7 Å². The summed E-state index contributed by atoms with van der Waals surface area (Å²) in [5.41, 5.74) is 5.22. The van der Waals surface area contributed by atoms with Crippen LogP contribution in [0.5, 0.6) is 0 Å². The fraction of sp³-hybridized carbons (Fsp3) is 0.471. The second-order valence-corrected chi connectivity index (χ2v) is 6.63. The van der Waals surface area contributed by atoms with Gasteiger partial charge in [0.1, 0.15) is 5.01 Å². The first-order valence-electron chi connectivity index (χ1n) is 7.72. The number of nitrogens with one attached hydrogen (secondary N) is 1. The minimum atomic E-state index is 0.329. The summed E-state index contributed by atoms with van der Waals surface area (Å²) in [6.07, 6.45) is 2.30. The van der Waals surface area contributed by atoms with Crippen LogP contribution < -0.4 is 10.2 Å². The normalized spacial score (nSPS) is 15.3. The molecule has 0 radical (unpaired) electrons. The van der Waals surface area contributed by atoms with E-state index in [1.807, 2.05) is 0 Å². The molecule has 0 amide bonds. The highest BCUT2D eigenvalue weighted by molar-refractivity contribution is 7.13. The van der Waals surface area contributed by atoms with Crippen molar-refractivity contribution >= 4 is 17.0 Å². The van der Waals surface area contributed by atoms with Crippen LogP contribution in [0.25, 0.3) is 10.6 Å². The zero-order chi connectivity index (χ0) is 14.8. The molecule has 0 aliphatic carbocycles. The number of fused-ring (bicyclic) bond motifs is 1. The highest BCUT2D eigenvalue weighted by Crippen LogP contribution is 2.33. The lowest BCUT2D eigenvalue weighted by Crippen LogP contribution is -2.19. The van der Waals surface area contributed by atoms with Crippen LogP contribution in [0.2, 0.25) is 0 Å². The van der Waals surface area contributed by atoms with E-state index in [0.29, 0.717) is 6.04 Å². The summed E-state index contributed by atoms with van der Waals surface area (Å²) in [7, 11) is 2.16. The van der Waals surface area contributed by atoms with Crippen LogP contribution in [-0.2, 0) is 6.42 Å². The fourth-order valence-corrected chi connectivity index (χ4v) is 3.69.